The van der Waals surface area contributed by atoms with Gasteiger partial charge in [-0.2, -0.15) is 0 Å². The van der Waals surface area contributed by atoms with Crippen molar-refractivity contribution in [2.24, 2.45) is 5.41 Å². The van der Waals surface area contributed by atoms with Crippen LogP contribution in [0, 0.1) is 5.41 Å². The van der Waals surface area contributed by atoms with Crippen molar-refractivity contribution in [1.29, 1.82) is 0 Å². The van der Waals surface area contributed by atoms with Crippen LogP contribution in [0.3, 0.4) is 0 Å². The van der Waals surface area contributed by atoms with E-state index in [2.05, 4.69) is 25.8 Å². The number of rotatable bonds is 1. The lowest BCUT2D eigenvalue weighted by molar-refractivity contribution is -0.154. The summed E-state index contributed by atoms with van der Waals surface area (Å²) < 4.78 is 11.6. The molecule has 174 valence electrons. The van der Waals surface area contributed by atoms with Crippen LogP contribution in [-0.2, 0) is 20.7 Å². The Morgan fingerprint density at radius 2 is 1.88 bits per heavy atom. The van der Waals surface area contributed by atoms with Crippen molar-refractivity contribution in [2.45, 2.75) is 44.0 Å². The maximum absolute atomic E-state index is 13.3. The van der Waals surface area contributed by atoms with E-state index in [0.717, 1.165) is 0 Å². The molecule has 12 heteroatoms. The molecule has 2 saturated heterocycles. The Hall–Kier alpha value is -3.57. The molecule has 0 bridgehead atoms. The van der Waals surface area contributed by atoms with Gasteiger partial charge in [0.05, 0.1) is 29.8 Å². The van der Waals surface area contributed by atoms with Gasteiger partial charge in [0.15, 0.2) is 11.0 Å². The van der Waals surface area contributed by atoms with E-state index in [4.69, 9.17) is 20.9 Å². The van der Waals surface area contributed by atoms with Gasteiger partial charge in [0.2, 0.25) is 11.8 Å². The summed E-state index contributed by atoms with van der Waals surface area (Å²) in [7, 11) is 0. The first-order chi connectivity index (χ1) is 16.3. The maximum Gasteiger partial charge on any atom is 0.328 e. The van der Waals surface area contributed by atoms with Gasteiger partial charge in [-0.25, -0.2) is 4.79 Å². The normalized spacial score (nSPS) is 27.9. The number of ether oxygens (including phenoxy) is 1. The number of urea groups is 1. The molecule has 2 N–H and O–H groups in total. The second kappa shape index (κ2) is 7.21. The van der Waals surface area contributed by atoms with Crippen LogP contribution in [0.5, 0.6) is 0 Å². The van der Waals surface area contributed by atoms with Crippen molar-refractivity contribution in [3.05, 3.63) is 36.3 Å². The number of halogens is 1. The number of imide groups is 2. The van der Waals surface area contributed by atoms with Gasteiger partial charge in [-0.15, -0.1) is 0 Å². The zero-order chi connectivity index (χ0) is 23.8. The molecular formula is C22H19ClN6O5. The van der Waals surface area contributed by atoms with Crippen molar-refractivity contribution in [3.8, 4) is 11.4 Å². The first-order valence-corrected chi connectivity index (χ1v) is 11.2. The highest BCUT2D eigenvalue weighted by atomic mass is 35.5. The second-order valence-electron chi connectivity index (χ2n) is 8.76. The molecule has 0 aliphatic carbocycles. The van der Waals surface area contributed by atoms with Crippen LogP contribution in [0.1, 0.15) is 19.4 Å². The van der Waals surface area contributed by atoms with Gasteiger partial charge in [0.25, 0.3) is 0 Å². The van der Waals surface area contributed by atoms with Crippen LogP contribution in [-0.4, -0.2) is 56.7 Å². The lowest BCUT2D eigenvalue weighted by Crippen LogP contribution is -2.76. The molecule has 3 aliphatic rings. The maximum atomic E-state index is 13.3. The summed E-state index contributed by atoms with van der Waals surface area (Å²) in [6.07, 6.45) is 3.77. The minimum absolute atomic E-state index is 0.0289. The summed E-state index contributed by atoms with van der Waals surface area (Å²) in [6.45, 7) is 3.62. The number of carbonyl (C=O) groups is 3. The summed E-state index contributed by atoms with van der Waals surface area (Å²) in [4.78, 5) is 48.8. The number of carbonyl (C=O) groups excluding carboxylic acids is 3. The van der Waals surface area contributed by atoms with Crippen molar-refractivity contribution >= 4 is 46.1 Å². The molecule has 1 aromatic carbocycles. The van der Waals surface area contributed by atoms with E-state index in [1.165, 1.54) is 0 Å². The lowest BCUT2D eigenvalue weighted by Gasteiger charge is -2.57. The highest BCUT2D eigenvalue weighted by molar-refractivity contribution is 6.24. The van der Waals surface area contributed by atoms with E-state index < -0.39 is 47.0 Å². The number of benzene rings is 1. The first kappa shape index (κ1) is 21.0. The summed E-state index contributed by atoms with van der Waals surface area (Å²) in [5.41, 5.74) is 0.583. The molecular weight excluding hydrogens is 464 g/mol. The molecule has 3 aliphatic heterocycles. The number of amides is 4. The fraction of sp³-hybridized carbons (Fsp3) is 0.364. The van der Waals surface area contributed by atoms with Crippen molar-refractivity contribution < 1.29 is 23.6 Å². The van der Waals surface area contributed by atoms with E-state index in [1.54, 1.807) is 31.6 Å². The number of morpholine rings is 1. The number of aromatic nitrogens is 3. The van der Waals surface area contributed by atoms with Gasteiger partial charge in [-0.1, -0.05) is 16.8 Å². The largest absolute Gasteiger partial charge is 0.370 e. The van der Waals surface area contributed by atoms with Crippen LogP contribution in [0.15, 0.2) is 35.2 Å². The average molecular weight is 483 g/mol. The van der Waals surface area contributed by atoms with Gasteiger partial charge in [0.1, 0.15) is 16.9 Å². The third kappa shape index (κ3) is 2.74. The standard InChI is InChI=1S/C22H19ClN6O5/c1-9-17-22(19(30)26-21(32)27-20(22)31)7-11-5-12-15(6-14(11)29(17)18(23)10(2)33-9)34-28-16(12)13-8-24-3-4-25-13/h3-6,8-10,17-18H,7H2,1-2H3,(H2,26,27,30,31,32). The smallest absolute Gasteiger partial charge is 0.328 e. The first-order valence-electron chi connectivity index (χ1n) is 10.7. The van der Waals surface area contributed by atoms with Gasteiger partial charge in [-0.3, -0.25) is 30.2 Å². The van der Waals surface area contributed by atoms with E-state index >= 15 is 0 Å². The number of nitrogens with one attached hydrogen (secondary N) is 2. The van der Waals surface area contributed by atoms with E-state index in [0.29, 0.717) is 33.6 Å². The Morgan fingerprint density at radius 3 is 2.59 bits per heavy atom. The molecule has 4 unspecified atom stereocenters. The summed E-state index contributed by atoms with van der Waals surface area (Å²) in [5, 5.41) is 9.36. The quantitative estimate of drug-likeness (QED) is 0.301. The number of fused-ring (bicyclic) bond motifs is 5. The van der Waals surface area contributed by atoms with Crippen LogP contribution >= 0.6 is 11.6 Å². The molecule has 34 heavy (non-hydrogen) atoms. The molecule has 11 nitrogen and oxygen atoms in total. The van der Waals surface area contributed by atoms with Crippen LogP contribution < -0.4 is 15.5 Å². The number of anilines is 1. The Kier molecular flexibility index (Phi) is 4.45. The minimum Gasteiger partial charge on any atom is -0.370 e. The monoisotopic (exact) mass is 482 g/mol. The molecule has 2 aromatic heterocycles. The zero-order valence-electron chi connectivity index (χ0n) is 18.1. The number of barbiturate groups is 1. The Labute approximate surface area is 197 Å². The SMILES string of the molecule is CC1OC(C)C2N(c3cc4onc(-c5cnccn5)c4cc3CC23C(=O)NC(=O)NC3=O)C1Cl. The summed E-state index contributed by atoms with van der Waals surface area (Å²) in [5.74, 6) is -1.37. The van der Waals surface area contributed by atoms with E-state index in [1.807, 2.05) is 17.9 Å². The summed E-state index contributed by atoms with van der Waals surface area (Å²) >= 11 is 6.82. The van der Waals surface area contributed by atoms with E-state index in [9.17, 15) is 14.4 Å². The number of nitrogens with zero attached hydrogens (tertiary/aromatic N) is 4. The minimum atomic E-state index is -1.63. The second-order valence-corrected chi connectivity index (χ2v) is 9.20. The highest BCUT2D eigenvalue weighted by Gasteiger charge is 2.64. The van der Waals surface area contributed by atoms with Gasteiger partial charge in [0, 0.05) is 24.1 Å². The molecule has 3 aromatic rings. The predicted molar refractivity (Wildman–Crippen MR) is 119 cm³/mol. The molecule has 4 atom stereocenters. The highest BCUT2D eigenvalue weighted by Crippen LogP contribution is 2.50. The molecule has 0 saturated carbocycles. The Balaban J connectivity index is 1.59. The van der Waals surface area contributed by atoms with Crippen molar-refractivity contribution in [2.75, 3.05) is 4.90 Å². The molecule has 0 radical (unpaired) electrons. The third-order valence-corrected chi connectivity index (χ3v) is 7.39. The van der Waals surface area contributed by atoms with Gasteiger partial charge < -0.3 is 14.2 Å². The topological polar surface area (TPSA) is 140 Å². The van der Waals surface area contributed by atoms with Gasteiger partial charge >= 0.3 is 6.03 Å². The van der Waals surface area contributed by atoms with Gasteiger partial charge in [-0.05, 0) is 31.9 Å². The fourth-order valence-electron chi connectivity index (χ4n) is 5.41. The van der Waals surface area contributed by atoms with Crippen LogP contribution in [0.25, 0.3) is 22.4 Å². The number of hydrogen-bond donors (Lipinski definition) is 2. The molecule has 1 spiro atoms. The van der Waals surface area contributed by atoms with Crippen molar-refractivity contribution in [1.82, 2.24) is 25.8 Å². The lowest BCUT2D eigenvalue weighted by atomic mass is 9.66. The molecule has 6 rings (SSSR count). The van der Waals surface area contributed by atoms with Crippen molar-refractivity contribution in [3.63, 3.8) is 0 Å². The van der Waals surface area contributed by atoms with Crippen LogP contribution in [0.4, 0.5) is 10.5 Å². The number of alkyl halides is 1. The molecule has 4 amide bonds. The third-order valence-electron chi connectivity index (χ3n) is 6.82. The fourth-order valence-corrected chi connectivity index (χ4v) is 5.69. The predicted octanol–water partition coefficient (Wildman–Crippen LogP) is 1.74. The van der Waals surface area contributed by atoms with Crippen LogP contribution in [0.2, 0.25) is 0 Å². The average Bonchev–Trinajstić information content (AvgIpc) is 3.22. The molecule has 5 heterocycles. The molecule has 2 fully saturated rings. The summed E-state index contributed by atoms with van der Waals surface area (Å²) in [6, 6.07) is 2.03. The Morgan fingerprint density at radius 1 is 1.12 bits per heavy atom. The number of hydrogen-bond acceptors (Lipinski definition) is 9. The van der Waals surface area contributed by atoms with E-state index in [-0.39, 0.29) is 6.42 Å². The Bertz CT molecular complexity index is 1340. The zero-order valence-corrected chi connectivity index (χ0v) is 18.9.